The van der Waals surface area contributed by atoms with Gasteiger partial charge in [-0.2, -0.15) is 0 Å². The van der Waals surface area contributed by atoms with Crippen LogP contribution in [0.1, 0.15) is 22.8 Å². The van der Waals surface area contributed by atoms with Crippen LogP contribution in [0.3, 0.4) is 0 Å². The van der Waals surface area contributed by atoms with Crippen LogP contribution < -0.4 is 4.74 Å². The molecule has 2 rings (SSSR count). The van der Waals surface area contributed by atoms with E-state index in [9.17, 15) is 5.11 Å². The molecule has 0 heterocycles. The number of methoxy groups -OCH3 is 1. The Morgan fingerprint density at radius 1 is 1.25 bits per heavy atom. The molecule has 0 bridgehead atoms. The lowest BCUT2D eigenvalue weighted by Crippen LogP contribution is -2.05. The van der Waals surface area contributed by atoms with Gasteiger partial charge in [0.1, 0.15) is 5.75 Å². The maximum Gasteiger partial charge on any atom is 0.122 e. The van der Waals surface area contributed by atoms with Crippen molar-refractivity contribution in [2.75, 3.05) is 7.11 Å². The number of rotatable bonds is 4. The molecule has 1 N–H and O–H groups in total. The van der Waals surface area contributed by atoms with Crippen LogP contribution in [0.25, 0.3) is 0 Å². The highest BCUT2D eigenvalue weighted by Gasteiger charge is 2.15. The van der Waals surface area contributed by atoms with E-state index in [1.54, 1.807) is 7.11 Å². The van der Waals surface area contributed by atoms with Crippen LogP contribution >= 0.6 is 27.5 Å². The summed E-state index contributed by atoms with van der Waals surface area (Å²) in [6.45, 7) is 1.97. The van der Waals surface area contributed by atoms with E-state index in [0.717, 1.165) is 26.9 Å². The quantitative estimate of drug-likeness (QED) is 0.861. The summed E-state index contributed by atoms with van der Waals surface area (Å²) >= 11 is 9.44. The normalized spacial score (nSPS) is 12.2. The summed E-state index contributed by atoms with van der Waals surface area (Å²) in [5, 5.41) is 11.1. The van der Waals surface area contributed by atoms with Crippen LogP contribution in [0.15, 0.2) is 40.9 Å². The van der Waals surface area contributed by atoms with Crippen molar-refractivity contribution in [1.82, 2.24) is 0 Å². The fraction of sp³-hybridized carbons (Fsp3) is 0.250. The Labute approximate surface area is 132 Å². The molecule has 106 valence electrons. The molecule has 0 fully saturated rings. The first-order valence-corrected chi connectivity index (χ1v) is 7.45. The monoisotopic (exact) mass is 354 g/mol. The van der Waals surface area contributed by atoms with Crippen molar-refractivity contribution in [2.45, 2.75) is 19.4 Å². The van der Waals surface area contributed by atoms with Crippen molar-refractivity contribution < 1.29 is 9.84 Å². The number of benzene rings is 2. The minimum Gasteiger partial charge on any atom is -0.496 e. The number of halogens is 2. The van der Waals surface area contributed by atoms with Crippen LogP contribution in [0.4, 0.5) is 0 Å². The van der Waals surface area contributed by atoms with Crippen LogP contribution in [0.2, 0.25) is 5.02 Å². The first-order chi connectivity index (χ1) is 9.51. The average Bonchev–Trinajstić information content (AvgIpc) is 2.41. The maximum absolute atomic E-state index is 10.5. The van der Waals surface area contributed by atoms with Gasteiger partial charge in [-0.1, -0.05) is 33.6 Å². The summed E-state index contributed by atoms with van der Waals surface area (Å²) in [4.78, 5) is 0. The van der Waals surface area contributed by atoms with Crippen molar-refractivity contribution in [1.29, 1.82) is 0 Å². The molecule has 0 radical (unpaired) electrons. The third-order valence-corrected chi connectivity index (χ3v) is 3.98. The minimum absolute atomic E-state index is 0.476. The SMILES string of the molecule is COc1ccc(Br)cc1CC(O)c1cc(Cl)ccc1C. The fourth-order valence-corrected chi connectivity index (χ4v) is 2.78. The number of aliphatic hydroxyl groups excluding tert-OH is 1. The molecule has 0 aliphatic rings. The van der Waals surface area contributed by atoms with Crippen molar-refractivity contribution in [2.24, 2.45) is 0 Å². The molecule has 2 aromatic rings. The van der Waals surface area contributed by atoms with Gasteiger partial charge in [-0.25, -0.2) is 0 Å². The molecule has 4 heteroatoms. The highest BCUT2D eigenvalue weighted by Crippen LogP contribution is 2.30. The van der Waals surface area contributed by atoms with Gasteiger partial charge in [0, 0.05) is 15.9 Å². The van der Waals surface area contributed by atoms with Crippen LogP contribution in [-0.4, -0.2) is 12.2 Å². The summed E-state index contributed by atoms with van der Waals surface area (Å²) in [5.74, 6) is 0.770. The maximum atomic E-state index is 10.5. The van der Waals surface area contributed by atoms with E-state index in [0.29, 0.717) is 11.4 Å². The van der Waals surface area contributed by atoms with Gasteiger partial charge in [0.15, 0.2) is 0 Å². The van der Waals surface area contributed by atoms with E-state index in [-0.39, 0.29) is 0 Å². The van der Waals surface area contributed by atoms with Crippen LogP contribution in [0.5, 0.6) is 5.75 Å². The molecule has 0 aliphatic heterocycles. The Kier molecular flexibility index (Phi) is 5.08. The number of hydrogen-bond donors (Lipinski definition) is 1. The average molecular weight is 356 g/mol. The van der Waals surface area contributed by atoms with Crippen molar-refractivity contribution in [3.8, 4) is 5.75 Å². The van der Waals surface area contributed by atoms with Gasteiger partial charge < -0.3 is 9.84 Å². The molecule has 1 unspecified atom stereocenters. The second-order valence-corrected chi connectivity index (χ2v) is 6.03. The van der Waals surface area contributed by atoms with Gasteiger partial charge >= 0.3 is 0 Å². The largest absolute Gasteiger partial charge is 0.496 e. The number of aryl methyl sites for hydroxylation is 1. The van der Waals surface area contributed by atoms with Crippen LogP contribution in [0, 0.1) is 6.92 Å². The third kappa shape index (κ3) is 3.54. The lowest BCUT2D eigenvalue weighted by atomic mass is 9.97. The highest BCUT2D eigenvalue weighted by atomic mass is 79.9. The van der Waals surface area contributed by atoms with Gasteiger partial charge in [0.05, 0.1) is 13.2 Å². The van der Waals surface area contributed by atoms with Gasteiger partial charge in [0.2, 0.25) is 0 Å². The van der Waals surface area contributed by atoms with Gasteiger partial charge in [-0.15, -0.1) is 0 Å². The molecule has 0 amide bonds. The predicted molar refractivity (Wildman–Crippen MR) is 85.5 cm³/mol. The lowest BCUT2D eigenvalue weighted by Gasteiger charge is -2.16. The summed E-state index contributed by atoms with van der Waals surface area (Å²) in [7, 11) is 1.63. The Bertz CT molecular complexity index is 613. The fourth-order valence-electron chi connectivity index (χ4n) is 2.20. The van der Waals surface area contributed by atoms with E-state index >= 15 is 0 Å². The van der Waals surface area contributed by atoms with E-state index in [4.69, 9.17) is 16.3 Å². The molecule has 0 aromatic heterocycles. The van der Waals surface area contributed by atoms with E-state index < -0.39 is 6.10 Å². The molecule has 2 nitrogen and oxygen atoms in total. The zero-order valence-corrected chi connectivity index (χ0v) is 13.7. The summed E-state index contributed by atoms with van der Waals surface area (Å²) in [6, 6.07) is 11.3. The Morgan fingerprint density at radius 3 is 2.70 bits per heavy atom. The van der Waals surface area contributed by atoms with Crippen LogP contribution in [-0.2, 0) is 6.42 Å². The first kappa shape index (κ1) is 15.4. The van der Waals surface area contributed by atoms with Gasteiger partial charge in [-0.05, 0) is 53.9 Å². The van der Waals surface area contributed by atoms with Crippen molar-refractivity contribution >= 4 is 27.5 Å². The Morgan fingerprint density at radius 2 is 2.00 bits per heavy atom. The zero-order valence-electron chi connectivity index (χ0n) is 11.4. The standard InChI is InChI=1S/C16H16BrClO2/c1-10-3-5-13(18)9-14(10)15(19)8-11-7-12(17)4-6-16(11)20-2/h3-7,9,15,19H,8H2,1-2H3. The van der Waals surface area contributed by atoms with E-state index in [1.165, 1.54) is 0 Å². The molecule has 0 saturated carbocycles. The number of aliphatic hydroxyl groups is 1. The highest BCUT2D eigenvalue weighted by molar-refractivity contribution is 9.10. The molecule has 2 aromatic carbocycles. The second kappa shape index (κ2) is 6.61. The Balaban J connectivity index is 2.29. The second-order valence-electron chi connectivity index (χ2n) is 4.68. The third-order valence-electron chi connectivity index (χ3n) is 3.26. The van der Waals surface area contributed by atoms with Crippen molar-refractivity contribution in [3.05, 3.63) is 62.6 Å². The van der Waals surface area contributed by atoms with Crippen molar-refractivity contribution in [3.63, 3.8) is 0 Å². The summed E-state index contributed by atoms with van der Waals surface area (Å²) in [6.07, 6.45) is -0.138. The molecule has 0 saturated heterocycles. The molecule has 20 heavy (non-hydrogen) atoms. The molecule has 0 spiro atoms. The first-order valence-electron chi connectivity index (χ1n) is 6.28. The molecule has 0 aliphatic carbocycles. The molecular weight excluding hydrogens is 340 g/mol. The Hall–Kier alpha value is -1.03. The minimum atomic E-state index is -0.614. The lowest BCUT2D eigenvalue weighted by molar-refractivity contribution is 0.176. The smallest absolute Gasteiger partial charge is 0.122 e. The number of ether oxygens (including phenoxy) is 1. The zero-order chi connectivity index (χ0) is 14.7. The summed E-state index contributed by atoms with van der Waals surface area (Å²) in [5.41, 5.74) is 2.82. The topological polar surface area (TPSA) is 29.5 Å². The molecular formula is C16H16BrClO2. The van der Waals surface area contributed by atoms with E-state index in [1.807, 2.05) is 43.3 Å². The summed E-state index contributed by atoms with van der Waals surface area (Å²) < 4.78 is 6.29. The van der Waals surface area contributed by atoms with Gasteiger partial charge in [-0.3, -0.25) is 0 Å². The number of hydrogen-bond acceptors (Lipinski definition) is 2. The van der Waals surface area contributed by atoms with E-state index in [2.05, 4.69) is 15.9 Å². The molecule has 1 atom stereocenters. The predicted octanol–water partition coefficient (Wildman–Crippen LogP) is 4.70. The van der Waals surface area contributed by atoms with Gasteiger partial charge in [0.25, 0.3) is 0 Å².